The van der Waals surface area contributed by atoms with E-state index in [9.17, 15) is 9.59 Å². The number of carbonyl (C=O) groups excluding carboxylic acids is 1. The van der Waals surface area contributed by atoms with Crippen molar-refractivity contribution in [3.8, 4) is 5.75 Å². The molecule has 0 bridgehead atoms. The van der Waals surface area contributed by atoms with Gasteiger partial charge >= 0.3 is 5.97 Å². The van der Waals surface area contributed by atoms with E-state index >= 15 is 0 Å². The van der Waals surface area contributed by atoms with E-state index in [1.54, 1.807) is 4.90 Å². The maximum atomic E-state index is 11.9. The largest absolute Gasteiger partial charge is 0.492 e. The van der Waals surface area contributed by atoms with Crippen molar-refractivity contribution in [2.45, 2.75) is 26.7 Å². The van der Waals surface area contributed by atoms with Crippen molar-refractivity contribution in [3.63, 3.8) is 0 Å². The minimum atomic E-state index is -0.893. The van der Waals surface area contributed by atoms with Gasteiger partial charge in [0.05, 0.1) is 5.92 Å². The SMILES string of the molecule is CCN(CC)CCOc1ccccc1CCN1CC(C(=O)O)CC1=O. The van der Waals surface area contributed by atoms with Gasteiger partial charge in [-0.1, -0.05) is 32.0 Å². The Labute approximate surface area is 149 Å². The first-order valence-corrected chi connectivity index (χ1v) is 8.98. The van der Waals surface area contributed by atoms with E-state index in [0.717, 1.165) is 30.9 Å². The maximum Gasteiger partial charge on any atom is 0.308 e. The van der Waals surface area contributed by atoms with Gasteiger partial charge in [0.1, 0.15) is 12.4 Å². The standard InChI is InChI=1S/C19H28N2O4/c1-3-20(4-2)11-12-25-17-8-6-5-7-15(17)9-10-21-14-16(19(23)24)13-18(21)22/h5-8,16H,3-4,9-14H2,1-2H3,(H,23,24). The number of hydrogen-bond donors (Lipinski definition) is 1. The molecule has 1 unspecified atom stereocenters. The zero-order valence-corrected chi connectivity index (χ0v) is 15.1. The monoisotopic (exact) mass is 348 g/mol. The number of likely N-dealkylation sites (tertiary alicyclic amines) is 1. The zero-order valence-electron chi connectivity index (χ0n) is 15.1. The van der Waals surface area contributed by atoms with Gasteiger partial charge in [-0.05, 0) is 31.1 Å². The normalized spacial score (nSPS) is 17.3. The zero-order chi connectivity index (χ0) is 18.2. The summed E-state index contributed by atoms with van der Waals surface area (Å²) >= 11 is 0. The summed E-state index contributed by atoms with van der Waals surface area (Å²) in [4.78, 5) is 26.9. The molecule has 1 aliphatic heterocycles. The van der Waals surface area contributed by atoms with Crippen LogP contribution in [0.2, 0.25) is 0 Å². The average Bonchev–Trinajstić information content (AvgIpc) is 2.99. The number of amides is 1. The summed E-state index contributed by atoms with van der Waals surface area (Å²) in [5.41, 5.74) is 1.05. The number of carboxylic acid groups (broad SMARTS) is 1. The molecule has 2 rings (SSSR count). The Morgan fingerprint density at radius 2 is 2.04 bits per heavy atom. The van der Waals surface area contributed by atoms with Crippen LogP contribution in [0.15, 0.2) is 24.3 Å². The van der Waals surface area contributed by atoms with Crippen LogP contribution in [0, 0.1) is 5.92 Å². The summed E-state index contributed by atoms with van der Waals surface area (Å²) < 4.78 is 5.93. The van der Waals surface area contributed by atoms with E-state index in [4.69, 9.17) is 9.84 Å². The minimum Gasteiger partial charge on any atom is -0.492 e. The van der Waals surface area contributed by atoms with Gasteiger partial charge in [0.2, 0.25) is 5.91 Å². The maximum absolute atomic E-state index is 11.9. The molecule has 0 aromatic heterocycles. The smallest absolute Gasteiger partial charge is 0.308 e. The molecule has 1 aromatic rings. The molecule has 0 saturated carbocycles. The topological polar surface area (TPSA) is 70.1 Å². The van der Waals surface area contributed by atoms with Crippen molar-refractivity contribution in [1.29, 1.82) is 0 Å². The summed E-state index contributed by atoms with van der Waals surface area (Å²) in [5, 5.41) is 9.06. The van der Waals surface area contributed by atoms with E-state index in [2.05, 4.69) is 18.7 Å². The third-order valence-corrected chi connectivity index (χ3v) is 4.75. The number of hydrogen-bond acceptors (Lipinski definition) is 4. The van der Waals surface area contributed by atoms with E-state index in [1.165, 1.54) is 0 Å². The molecule has 6 heteroatoms. The lowest BCUT2D eigenvalue weighted by Gasteiger charge is -2.20. The third kappa shape index (κ3) is 5.46. The van der Waals surface area contributed by atoms with Gasteiger partial charge in [0, 0.05) is 26.1 Å². The Hall–Kier alpha value is -2.08. The molecule has 1 atom stereocenters. The Bertz CT molecular complexity index is 587. The van der Waals surface area contributed by atoms with Crippen LogP contribution in [0.25, 0.3) is 0 Å². The van der Waals surface area contributed by atoms with Crippen LogP contribution < -0.4 is 4.74 Å². The molecule has 1 amide bonds. The lowest BCUT2D eigenvalue weighted by molar-refractivity contribution is -0.141. The second kappa shape index (κ2) is 9.42. The first kappa shape index (κ1) is 19.2. The highest BCUT2D eigenvalue weighted by Crippen LogP contribution is 2.22. The van der Waals surface area contributed by atoms with Gasteiger partial charge in [0.25, 0.3) is 0 Å². The molecule has 1 saturated heterocycles. The number of likely N-dealkylation sites (N-methyl/N-ethyl adjacent to an activating group) is 1. The Kier molecular flexibility index (Phi) is 7.25. The van der Waals surface area contributed by atoms with Crippen molar-refractivity contribution in [3.05, 3.63) is 29.8 Å². The Morgan fingerprint density at radius 3 is 2.68 bits per heavy atom. The predicted molar refractivity (Wildman–Crippen MR) is 95.8 cm³/mol. The first-order chi connectivity index (χ1) is 12.0. The lowest BCUT2D eigenvalue weighted by atomic mass is 10.1. The van der Waals surface area contributed by atoms with Crippen LogP contribution in [0.4, 0.5) is 0 Å². The van der Waals surface area contributed by atoms with Crippen molar-refractivity contribution >= 4 is 11.9 Å². The number of para-hydroxylation sites is 1. The molecule has 1 fully saturated rings. The lowest BCUT2D eigenvalue weighted by Crippen LogP contribution is -2.29. The van der Waals surface area contributed by atoms with Gasteiger partial charge in [-0.3, -0.25) is 9.59 Å². The summed E-state index contributed by atoms with van der Waals surface area (Å²) in [6, 6.07) is 7.85. The minimum absolute atomic E-state index is 0.0765. The van der Waals surface area contributed by atoms with Crippen molar-refractivity contribution in [1.82, 2.24) is 9.80 Å². The Morgan fingerprint density at radius 1 is 1.32 bits per heavy atom. The fourth-order valence-corrected chi connectivity index (χ4v) is 3.08. The molecule has 1 N–H and O–H groups in total. The first-order valence-electron chi connectivity index (χ1n) is 8.98. The highest BCUT2D eigenvalue weighted by atomic mass is 16.5. The van der Waals surface area contributed by atoms with E-state index in [-0.39, 0.29) is 12.3 Å². The van der Waals surface area contributed by atoms with Gasteiger partial charge in [-0.15, -0.1) is 0 Å². The summed E-state index contributed by atoms with van der Waals surface area (Å²) in [5.74, 6) is -0.701. The van der Waals surface area contributed by atoms with Crippen molar-refractivity contribution in [2.75, 3.05) is 39.3 Å². The molecule has 1 aromatic carbocycles. The van der Waals surface area contributed by atoms with E-state index in [0.29, 0.717) is 26.1 Å². The number of carboxylic acids is 1. The Balaban J connectivity index is 1.88. The van der Waals surface area contributed by atoms with Crippen molar-refractivity contribution < 1.29 is 19.4 Å². The van der Waals surface area contributed by atoms with Crippen LogP contribution in [-0.4, -0.2) is 66.1 Å². The fraction of sp³-hybridized carbons (Fsp3) is 0.579. The highest BCUT2D eigenvalue weighted by Gasteiger charge is 2.33. The molecular formula is C19H28N2O4. The molecule has 25 heavy (non-hydrogen) atoms. The molecular weight excluding hydrogens is 320 g/mol. The second-order valence-electron chi connectivity index (χ2n) is 6.31. The quantitative estimate of drug-likeness (QED) is 0.699. The number of aliphatic carboxylic acids is 1. The predicted octanol–water partition coefficient (Wildman–Crippen LogP) is 1.88. The molecule has 0 radical (unpaired) electrons. The van der Waals surface area contributed by atoms with Crippen LogP contribution >= 0.6 is 0 Å². The van der Waals surface area contributed by atoms with Gasteiger partial charge < -0.3 is 19.6 Å². The fourth-order valence-electron chi connectivity index (χ4n) is 3.08. The molecule has 1 aliphatic rings. The molecule has 0 spiro atoms. The van der Waals surface area contributed by atoms with Crippen LogP contribution in [0.1, 0.15) is 25.8 Å². The van der Waals surface area contributed by atoms with Gasteiger partial charge in [0.15, 0.2) is 0 Å². The third-order valence-electron chi connectivity index (χ3n) is 4.75. The van der Waals surface area contributed by atoms with Crippen LogP contribution in [0.3, 0.4) is 0 Å². The molecule has 0 aliphatic carbocycles. The molecule has 1 heterocycles. The number of benzene rings is 1. The average molecular weight is 348 g/mol. The molecule has 138 valence electrons. The number of carbonyl (C=O) groups is 2. The van der Waals surface area contributed by atoms with Gasteiger partial charge in [-0.2, -0.15) is 0 Å². The number of ether oxygens (including phenoxy) is 1. The summed E-state index contributed by atoms with van der Waals surface area (Å²) in [7, 11) is 0. The number of rotatable bonds is 10. The second-order valence-corrected chi connectivity index (χ2v) is 6.31. The van der Waals surface area contributed by atoms with E-state index in [1.807, 2.05) is 24.3 Å². The van der Waals surface area contributed by atoms with Crippen molar-refractivity contribution in [2.24, 2.45) is 5.92 Å². The molecule has 6 nitrogen and oxygen atoms in total. The number of nitrogens with zero attached hydrogens (tertiary/aromatic N) is 2. The van der Waals surface area contributed by atoms with Crippen LogP contribution in [0.5, 0.6) is 5.75 Å². The van der Waals surface area contributed by atoms with Crippen LogP contribution in [-0.2, 0) is 16.0 Å². The summed E-state index contributed by atoms with van der Waals surface area (Å²) in [6.07, 6.45) is 0.775. The van der Waals surface area contributed by atoms with Gasteiger partial charge in [-0.25, -0.2) is 0 Å². The highest BCUT2D eigenvalue weighted by molar-refractivity contribution is 5.86. The summed E-state index contributed by atoms with van der Waals surface area (Å²) in [6.45, 7) is 8.61. The van der Waals surface area contributed by atoms with E-state index < -0.39 is 11.9 Å².